The second kappa shape index (κ2) is 28.4. The van der Waals surface area contributed by atoms with Crippen molar-refractivity contribution in [3.05, 3.63) is 18.2 Å². The van der Waals surface area contributed by atoms with Gasteiger partial charge in [0.05, 0.1) is 31.9 Å². The van der Waals surface area contributed by atoms with Crippen LogP contribution < -0.4 is 60.2 Å². The summed E-state index contributed by atoms with van der Waals surface area (Å²) in [6.07, 6.45) is 0.0538. The number of carbonyl (C=O) groups excluding carboxylic acids is 10. The predicted octanol–water partition coefficient (Wildman–Crippen LogP) is -7.05. The number of carboxylic acid groups (broad SMARTS) is 1. The van der Waals surface area contributed by atoms with Crippen LogP contribution in [-0.4, -0.2) is 163 Å². The van der Waals surface area contributed by atoms with E-state index in [1.807, 2.05) is 0 Å². The van der Waals surface area contributed by atoms with Crippen molar-refractivity contribution in [3.8, 4) is 0 Å². The molecule has 0 aromatic carbocycles. The number of imidazole rings is 1. The van der Waals surface area contributed by atoms with Crippen molar-refractivity contribution in [1.82, 2.24) is 47.2 Å². The molecule has 0 aliphatic rings. The fourth-order valence-corrected chi connectivity index (χ4v) is 6.18. The molecule has 0 bridgehead atoms. The van der Waals surface area contributed by atoms with E-state index in [2.05, 4.69) is 47.2 Å². The zero-order valence-corrected chi connectivity index (χ0v) is 37.1. The molecule has 0 spiro atoms. The van der Waals surface area contributed by atoms with Crippen LogP contribution in [0.2, 0.25) is 0 Å². The van der Waals surface area contributed by atoms with E-state index >= 15 is 0 Å². The van der Waals surface area contributed by atoms with Crippen LogP contribution in [0.5, 0.6) is 0 Å². The minimum absolute atomic E-state index is 0.0315. The summed E-state index contributed by atoms with van der Waals surface area (Å²) in [7, 11) is 0. The fraction of sp³-hybridized carbons (Fsp3) is 0.622. The van der Waals surface area contributed by atoms with Crippen molar-refractivity contribution in [2.75, 3.05) is 18.6 Å². The number of aromatic nitrogens is 2. The first-order valence-electron chi connectivity index (χ1n) is 20.1. The Balaban J connectivity index is 3.36. The number of hydrogen-bond donors (Lipinski definition) is 15. The maximum Gasteiger partial charge on any atom is 0.326 e. The molecular weight excluding hydrogens is 883 g/mol. The Hall–Kier alpha value is -6.39. The number of aliphatic hydroxyl groups excluding tert-OH is 2. The van der Waals surface area contributed by atoms with Crippen molar-refractivity contribution < 1.29 is 68.1 Å². The van der Waals surface area contributed by atoms with Gasteiger partial charge in [0.25, 0.3) is 0 Å². The largest absolute Gasteiger partial charge is 0.480 e. The highest BCUT2D eigenvalue weighted by molar-refractivity contribution is 7.98. The lowest BCUT2D eigenvalue weighted by Crippen LogP contribution is -2.61. The third-order valence-corrected chi connectivity index (χ3v) is 9.85. The highest BCUT2D eigenvalue weighted by Gasteiger charge is 2.36. The molecule has 1 aromatic rings. The molecule has 9 atom stereocenters. The average Bonchev–Trinajstić information content (AvgIpc) is 3.73. The summed E-state index contributed by atoms with van der Waals surface area (Å²) in [5, 5.41) is 45.3. The monoisotopic (exact) mass is 943 g/mol. The third-order valence-electron chi connectivity index (χ3n) is 9.20. The molecule has 0 unspecified atom stereocenters. The Morgan fingerprint density at radius 2 is 1.09 bits per heavy atom. The van der Waals surface area contributed by atoms with Gasteiger partial charge in [-0.05, 0) is 44.1 Å². The zero-order valence-electron chi connectivity index (χ0n) is 36.3. The molecule has 28 heteroatoms. The molecule has 19 N–H and O–H groups in total. The van der Waals surface area contributed by atoms with E-state index in [-0.39, 0.29) is 31.6 Å². The lowest BCUT2D eigenvalue weighted by Gasteiger charge is -2.27. The van der Waals surface area contributed by atoms with Gasteiger partial charge in [-0.1, -0.05) is 13.8 Å². The van der Waals surface area contributed by atoms with Gasteiger partial charge in [0.2, 0.25) is 59.1 Å². The van der Waals surface area contributed by atoms with Crippen LogP contribution in [0.15, 0.2) is 12.5 Å². The highest BCUT2D eigenvalue weighted by atomic mass is 32.2. The Morgan fingerprint density at radius 1 is 0.646 bits per heavy atom. The van der Waals surface area contributed by atoms with Crippen molar-refractivity contribution in [1.29, 1.82) is 0 Å². The van der Waals surface area contributed by atoms with Crippen LogP contribution in [0, 0.1) is 5.92 Å². The number of nitrogens with zero attached hydrogens (tertiary/aromatic N) is 1. The Kier molecular flexibility index (Phi) is 24.8. The van der Waals surface area contributed by atoms with E-state index in [9.17, 15) is 68.1 Å². The first-order valence-corrected chi connectivity index (χ1v) is 21.5. The van der Waals surface area contributed by atoms with Crippen molar-refractivity contribution >= 4 is 76.8 Å². The number of amides is 10. The van der Waals surface area contributed by atoms with Crippen molar-refractivity contribution in [2.45, 2.75) is 120 Å². The number of carbonyl (C=O) groups is 11. The maximum atomic E-state index is 13.7. The summed E-state index contributed by atoms with van der Waals surface area (Å²) in [6, 6.07) is -12.9. The Morgan fingerprint density at radius 3 is 1.54 bits per heavy atom. The van der Waals surface area contributed by atoms with E-state index in [0.717, 1.165) is 0 Å². The predicted molar refractivity (Wildman–Crippen MR) is 229 cm³/mol. The maximum absolute atomic E-state index is 13.7. The molecule has 364 valence electrons. The topological polar surface area (TPSA) is 465 Å². The smallest absolute Gasteiger partial charge is 0.326 e. The number of carboxylic acids is 1. The zero-order chi connectivity index (χ0) is 49.6. The minimum atomic E-state index is -1.87. The number of nitrogens with two attached hydrogens (primary N) is 4. The van der Waals surface area contributed by atoms with E-state index in [0.29, 0.717) is 11.4 Å². The van der Waals surface area contributed by atoms with Crippen LogP contribution in [-0.2, 0) is 59.2 Å². The van der Waals surface area contributed by atoms with Gasteiger partial charge in [0, 0.05) is 24.7 Å². The standard InChI is InChI=1S/C37H61N13O14S/c1-16(2)9-21(46-35(61)25(14-51)50-30(56)19(5-6-26(38)53)44-36(62)29(41)17(3)52)31(57)48-24(12-28(40)55)34(60)49-23(11-27(39)54)33(59)47-22(10-18-13-42-15-43-18)32(58)45-20(37(63)64)7-8-65-4/h13,15-17,19-25,29,51-52H,5-12,14,41H2,1-4H3,(H2,38,53)(H2,39,54)(H2,40,55)(H,42,43)(H,44,62)(H,45,58)(H,46,61)(H,47,59)(H,48,57)(H,49,60)(H,50,56)(H,63,64)/t17-,19+,20+,21+,22+,23+,24+,25+,29+/m1/s1. The lowest BCUT2D eigenvalue weighted by atomic mass is 10.0. The molecule has 0 saturated carbocycles. The van der Waals surface area contributed by atoms with Gasteiger partial charge in [-0.25, -0.2) is 9.78 Å². The number of hydrogen-bond acceptors (Lipinski definition) is 16. The molecule has 27 nitrogen and oxygen atoms in total. The second-order valence-corrected chi connectivity index (χ2v) is 16.2. The molecule has 0 radical (unpaired) electrons. The number of aliphatic hydroxyl groups is 2. The van der Waals surface area contributed by atoms with Gasteiger partial charge in [0.1, 0.15) is 48.3 Å². The summed E-state index contributed by atoms with van der Waals surface area (Å²) < 4.78 is 0. The van der Waals surface area contributed by atoms with Crippen LogP contribution in [0.1, 0.15) is 65.0 Å². The molecular formula is C37H61N13O14S. The fourth-order valence-electron chi connectivity index (χ4n) is 5.71. The lowest BCUT2D eigenvalue weighted by molar-refractivity contribution is -0.142. The first kappa shape index (κ1) is 56.6. The molecule has 10 amide bonds. The van der Waals surface area contributed by atoms with Gasteiger partial charge < -0.3 is 80.5 Å². The number of H-pyrrole nitrogens is 1. The molecule has 1 aromatic heterocycles. The Bertz CT molecular complexity index is 1830. The van der Waals surface area contributed by atoms with Crippen LogP contribution in [0.4, 0.5) is 0 Å². The van der Waals surface area contributed by atoms with E-state index < -0.39 is 145 Å². The second-order valence-electron chi connectivity index (χ2n) is 15.3. The molecule has 0 aliphatic heterocycles. The molecule has 1 rings (SSSR count). The number of nitrogens with one attached hydrogen (secondary N) is 8. The third kappa shape index (κ3) is 21.2. The highest BCUT2D eigenvalue weighted by Crippen LogP contribution is 2.09. The molecule has 65 heavy (non-hydrogen) atoms. The summed E-state index contributed by atoms with van der Waals surface area (Å²) in [4.78, 5) is 148. The molecule has 0 fully saturated rings. The number of thioether (sulfide) groups is 1. The summed E-state index contributed by atoms with van der Waals surface area (Å²) >= 11 is 1.33. The van der Waals surface area contributed by atoms with E-state index in [4.69, 9.17) is 22.9 Å². The average molecular weight is 944 g/mol. The van der Waals surface area contributed by atoms with E-state index in [1.165, 1.54) is 31.2 Å². The van der Waals surface area contributed by atoms with Gasteiger partial charge in [0.15, 0.2) is 0 Å². The number of rotatable bonds is 31. The number of primary amides is 3. The molecule has 0 saturated heterocycles. The number of aromatic amines is 1. The van der Waals surface area contributed by atoms with Gasteiger partial charge >= 0.3 is 5.97 Å². The number of aliphatic carboxylic acids is 1. The SMILES string of the molecule is CSCC[C@H](NC(=O)[C@H](Cc1cnc[nH]1)NC(=O)[C@H](CC(N)=O)NC(=O)[C@H](CC(N)=O)NC(=O)[C@H](CC(C)C)NC(=O)[C@H](CO)NC(=O)[C@H](CCC(N)=O)NC(=O)[C@@H](N)[C@@H](C)O)C(=O)O. The quantitative estimate of drug-likeness (QED) is 0.0329. The van der Waals surface area contributed by atoms with Crippen LogP contribution in [0.3, 0.4) is 0 Å². The summed E-state index contributed by atoms with van der Waals surface area (Å²) in [5.74, 6) is -12.1. The van der Waals surface area contributed by atoms with Gasteiger partial charge in [-0.3, -0.25) is 47.9 Å². The minimum Gasteiger partial charge on any atom is -0.480 e. The molecule has 0 aliphatic carbocycles. The van der Waals surface area contributed by atoms with Crippen LogP contribution in [0.25, 0.3) is 0 Å². The normalized spacial score (nSPS) is 15.2. The van der Waals surface area contributed by atoms with Gasteiger partial charge in [-0.2, -0.15) is 11.8 Å². The molecule has 1 heterocycles. The first-order chi connectivity index (χ1) is 30.4. The van der Waals surface area contributed by atoms with Crippen molar-refractivity contribution in [3.63, 3.8) is 0 Å². The van der Waals surface area contributed by atoms with Gasteiger partial charge in [-0.15, -0.1) is 0 Å². The summed E-state index contributed by atoms with van der Waals surface area (Å²) in [6.45, 7) is 3.44. The van der Waals surface area contributed by atoms with Crippen molar-refractivity contribution in [2.24, 2.45) is 28.9 Å². The summed E-state index contributed by atoms with van der Waals surface area (Å²) in [5.41, 5.74) is 21.9. The van der Waals surface area contributed by atoms with E-state index in [1.54, 1.807) is 20.1 Å². The van der Waals surface area contributed by atoms with Crippen LogP contribution >= 0.6 is 11.8 Å². The Labute approximate surface area is 377 Å².